The van der Waals surface area contributed by atoms with Gasteiger partial charge in [-0.1, -0.05) is 13.8 Å². The number of hydrogen-bond donors (Lipinski definition) is 1. The summed E-state index contributed by atoms with van der Waals surface area (Å²) in [7, 11) is 0. The molecule has 0 aromatic rings. The summed E-state index contributed by atoms with van der Waals surface area (Å²) >= 11 is 0. The molecule has 1 N–H and O–H groups in total. The second-order valence-electron chi connectivity index (χ2n) is 8.25. The Labute approximate surface area is 142 Å². The zero-order valence-corrected chi connectivity index (χ0v) is 14.4. The van der Waals surface area contributed by atoms with E-state index in [-0.39, 0.29) is 42.0 Å². The Morgan fingerprint density at radius 2 is 1.92 bits per heavy atom. The van der Waals surface area contributed by atoms with E-state index < -0.39 is 11.7 Å². The highest BCUT2D eigenvalue weighted by Crippen LogP contribution is 2.48. The maximum absolute atomic E-state index is 12.1. The van der Waals surface area contributed by atoms with Crippen LogP contribution in [0.2, 0.25) is 0 Å². The van der Waals surface area contributed by atoms with Gasteiger partial charge in [-0.25, -0.2) is 0 Å². The van der Waals surface area contributed by atoms with Gasteiger partial charge in [0.2, 0.25) is 0 Å². The van der Waals surface area contributed by atoms with Crippen LogP contribution in [0.5, 0.6) is 0 Å². The standard InChI is InChI=1S/C18H27NO5/c1-10-7-14(23-16(10)21)13-3-4-15-18(8-11(2)17(22)24-18)6-5-12(20)9-19(13)15/h10-15,20H,3-9H2,1-2H3/t10-,11+,12?,13-,14?,15?,18-/m0/s1. The van der Waals surface area contributed by atoms with Gasteiger partial charge < -0.3 is 14.6 Å². The van der Waals surface area contributed by atoms with Crippen LogP contribution in [-0.2, 0) is 19.1 Å². The quantitative estimate of drug-likeness (QED) is 0.726. The molecule has 0 saturated carbocycles. The molecule has 6 heteroatoms. The van der Waals surface area contributed by atoms with E-state index in [1.54, 1.807) is 0 Å². The largest absolute Gasteiger partial charge is 0.460 e. The maximum Gasteiger partial charge on any atom is 0.309 e. The van der Waals surface area contributed by atoms with E-state index in [1.807, 2.05) is 13.8 Å². The minimum absolute atomic E-state index is 0.0516. The molecule has 4 saturated heterocycles. The van der Waals surface area contributed by atoms with E-state index in [0.717, 1.165) is 32.1 Å². The Kier molecular flexibility index (Phi) is 3.88. The first-order valence-corrected chi connectivity index (χ1v) is 9.27. The second-order valence-corrected chi connectivity index (χ2v) is 8.25. The van der Waals surface area contributed by atoms with Gasteiger partial charge in [-0.15, -0.1) is 0 Å². The molecule has 0 aromatic carbocycles. The molecule has 0 aliphatic carbocycles. The fourth-order valence-corrected chi connectivity index (χ4v) is 5.33. The predicted molar refractivity (Wildman–Crippen MR) is 85.0 cm³/mol. The van der Waals surface area contributed by atoms with Crippen LogP contribution < -0.4 is 0 Å². The number of fused-ring (bicyclic) bond motifs is 2. The predicted octanol–water partition coefficient (Wildman–Crippen LogP) is 1.25. The van der Waals surface area contributed by atoms with Crippen LogP contribution in [0.25, 0.3) is 0 Å². The number of aliphatic hydroxyl groups is 1. The molecule has 3 unspecified atom stereocenters. The summed E-state index contributed by atoms with van der Waals surface area (Å²) in [6, 6.07) is 0.256. The lowest BCUT2D eigenvalue weighted by molar-refractivity contribution is -0.156. The number of rotatable bonds is 1. The average molecular weight is 337 g/mol. The monoisotopic (exact) mass is 337 g/mol. The molecule has 4 fully saturated rings. The fourth-order valence-electron chi connectivity index (χ4n) is 5.33. The van der Waals surface area contributed by atoms with Crippen LogP contribution in [0.15, 0.2) is 0 Å². The normalized spacial score (nSPS) is 49.1. The summed E-state index contributed by atoms with van der Waals surface area (Å²) in [5.74, 6) is -0.361. The number of ether oxygens (including phenoxy) is 2. The van der Waals surface area contributed by atoms with Crippen LogP contribution >= 0.6 is 0 Å². The number of esters is 2. The zero-order chi connectivity index (χ0) is 17.1. The number of cyclic esters (lactones) is 1. The molecular weight excluding hydrogens is 310 g/mol. The molecule has 0 amide bonds. The highest BCUT2D eigenvalue weighted by Gasteiger charge is 2.58. The Hall–Kier alpha value is -1.14. The van der Waals surface area contributed by atoms with Crippen LogP contribution in [0.3, 0.4) is 0 Å². The van der Waals surface area contributed by atoms with Gasteiger partial charge in [0.1, 0.15) is 11.7 Å². The molecule has 7 atom stereocenters. The molecule has 6 nitrogen and oxygen atoms in total. The molecule has 4 aliphatic rings. The van der Waals surface area contributed by atoms with Crippen molar-refractivity contribution in [3.05, 3.63) is 0 Å². The number of nitrogens with zero attached hydrogens (tertiary/aromatic N) is 1. The minimum Gasteiger partial charge on any atom is -0.460 e. The summed E-state index contributed by atoms with van der Waals surface area (Å²) in [5, 5.41) is 10.4. The van der Waals surface area contributed by atoms with Crippen molar-refractivity contribution in [1.29, 1.82) is 0 Å². The topological polar surface area (TPSA) is 76.1 Å². The molecule has 0 radical (unpaired) electrons. The molecule has 0 aromatic heterocycles. The first kappa shape index (κ1) is 16.3. The summed E-state index contributed by atoms with van der Waals surface area (Å²) in [6.45, 7) is 4.41. The second kappa shape index (κ2) is 5.70. The fraction of sp³-hybridized carbons (Fsp3) is 0.889. The van der Waals surface area contributed by atoms with E-state index in [1.165, 1.54) is 0 Å². The van der Waals surface area contributed by atoms with Crippen LogP contribution in [0.1, 0.15) is 52.4 Å². The van der Waals surface area contributed by atoms with Gasteiger partial charge in [-0.2, -0.15) is 0 Å². The molecule has 1 spiro atoms. The van der Waals surface area contributed by atoms with Crippen molar-refractivity contribution in [2.45, 2.75) is 82.3 Å². The SMILES string of the molecule is C[C@@H]1C[C@]2(CCC(O)CN3C2CC[C@H]3C2C[C@H](C)C(=O)O2)OC1=O. The molecule has 4 heterocycles. The van der Waals surface area contributed by atoms with E-state index in [9.17, 15) is 14.7 Å². The summed E-state index contributed by atoms with van der Waals surface area (Å²) in [6.07, 6.45) is 4.18. The van der Waals surface area contributed by atoms with Crippen LogP contribution in [-0.4, -0.2) is 58.4 Å². The smallest absolute Gasteiger partial charge is 0.309 e. The number of aliphatic hydroxyl groups excluding tert-OH is 1. The van der Waals surface area contributed by atoms with E-state index >= 15 is 0 Å². The van der Waals surface area contributed by atoms with E-state index in [4.69, 9.17) is 9.47 Å². The summed E-state index contributed by atoms with van der Waals surface area (Å²) < 4.78 is 11.5. The zero-order valence-electron chi connectivity index (χ0n) is 14.4. The Morgan fingerprint density at radius 1 is 1.12 bits per heavy atom. The van der Waals surface area contributed by atoms with Crippen molar-refractivity contribution < 1.29 is 24.2 Å². The van der Waals surface area contributed by atoms with Crippen molar-refractivity contribution in [3.8, 4) is 0 Å². The molecule has 24 heavy (non-hydrogen) atoms. The average Bonchev–Trinajstić information content (AvgIpc) is 3.14. The van der Waals surface area contributed by atoms with Gasteiger partial charge in [0, 0.05) is 19.0 Å². The van der Waals surface area contributed by atoms with Crippen molar-refractivity contribution >= 4 is 11.9 Å². The first-order valence-electron chi connectivity index (χ1n) is 9.27. The molecule has 0 bridgehead atoms. The van der Waals surface area contributed by atoms with Crippen molar-refractivity contribution in [2.75, 3.05) is 6.54 Å². The molecular formula is C18H27NO5. The number of carbonyl (C=O) groups is 2. The third-order valence-corrected chi connectivity index (χ3v) is 6.53. The van der Waals surface area contributed by atoms with Gasteiger partial charge in [0.25, 0.3) is 0 Å². The van der Waals surface area contributed by atoms with Gasteiger partial charge in [-0.05, 0) is 32.1 Å². The summed E-state index contributed by atoms with van der Waals surface area (Å²) in [4.78, 5) is 26.2. The van der Waals surface area contributed by atoms with Crippen molar-refractivity contribution in [3.63, 3.8) is 0 Å². The number of hydrogen-bond acceptors (Lipinski definition) is 6. The van der Waals surface area contributed by atoms with Gasteiger partial charge in [0.15, 0.2) is 0 Å². The Bertz CT molecular complexity index is 552. The van der Waals surface area contributed by atoms with Gasteiger partial charge in [-0.3, -0.25) is 14.5 Å². The third-order valence-electron chi connectivity index (χ3n) is 6.53. The minimum atomic E-state index is -0.475. The lowest BCUT2D eigenvalue weighted by Crippen LogP contribution is -2.53. The van der Waals surface area contributed by atoms with Gasteiger partial charge >= 0.3 is 11.9 Å². The van der Waals surface area contributed by atoms with E-state index in [0.29, 0.717) is 13.0 Å². The lowest BCUT2D eigenvalue weighted by Gasteiger charge is -2.39. The molecule has 4 rings (SSSR count). The lowest BCUT2D eigenvalue weighted by atomic mass is 9.83. The number of carbonyl (C=O) groups excluding carboxylic acids is 2. The molecule has 4 aliphatic heterocycles. The Morgan fingerprint density at radius 3 is 2.54 bits per heavy atom. The van der Waals surface area contributed by atoms with Gasteiger partial charge in [0.05, 0.1) is 24.0 Å². The molecule has 134 valence electrons. The highest BCUT2D eigenvalue weighted by molar-refractivity contribution is 5.75. The first-order chi connectivity index (χ1) is 11.4. The van der Waals surface area contributed by atoms with Crippen LogP contribution in [0.4, 0.5) is 0 Å². The highest BCUT2D eigenvalue weighted by atomic mass is 16.6. The van der Waals surface area contributed by atoms with Crippen LogP contribution in [0, 0.1) is 11.8 Å². The summed E-state index contributed by atoms with van der Waals surface area (Å²) in [5.41, 5.74) is -0.475. The van der Waals surface area contributed by atoms with Crippen molar-refractivity contribution in [1.82, 2.24) is 4.90 Å². The van der Waals surface area contributed by atoms with Crippen molar-refractivity contribution in [2.24, 2.45) is 11.8 Å². The maximum atomic E-state index is 12.1. The van der Waals surface area contributed by atoms with E-state index in [2.05, 4.69) is 4.90 Å². The third kappa shape index (κ3) is 2.46. The Balaban J connectivity index is 1.60.